The molecular weight excluding hydrogens is 192 g/mol. The molecule has 4 atom stereocenters. The third-order valence-corrected chi connectivity index (χ3v) is 4.67. The molecule has 0 fully saturated rings. The molecule has 0 aromatic rings. The lowest BCUT2D eigenvalue weighted by atomic mass is 9.77. The van der Waals surface area contributed by atoms with Crippen LogP contribution >= 0.6 is 0 Å². The Balaban J connectivity index is 4.14. The van der Waals surface area contributed by atoms with Crippen molar-refractivity contribution in [3.8, 4) is 0 Å². The molecule has 0 bridgehead atoms. The normalized spacial score (nSPS) is 19.1. The first-order valence-electron chi connectivity index (χ1n) is 7.56. The van der Waals surface area contributed by atoms with E-state index in [0.717, 1.165) is 23.7 Å². The highest BCUT2D eigenvalue weighted by atomic mass is 14.3. The van der Waals surface area contributed by atoms with Gasteiger partial charge in [0.05, 0.1) is 0 Å². The smallest absolute Gasteiger partial charge is 0.0386 e. The topological polar surface area (TPSA) is 0 Å². The molecule has 0 aliphatic heterocycles. The van der Waals surface area contributed by atoms with Gasteiger partial charge in [0.2, 0.25) is 0 Å². The largest absolute Gasteiger partial charge is 0.0654 e. The number of hydrogen-bond donors (Lipinski definition) is 0. The van der Waals surface area contributed by atoms with E-state index < -0.39 is 0 Å². The molecule has 0 saturated heterocycles. The second kappa shape index (κ2) is 9.07. The van der Waals surface area contributed by atoms with Crippen LogP contribution in [-0.4, -0.2) is 0 Å². The molecule has 0 spiro atoms. The summed E-state index contributed by atoms with van der Waals surface area (Å²) in [5.41, 5.74) is 0. The average Bonchev–Trinajstić information content (AvgIpc) is 2.31. The summed E-state index contributed by atoms with van der Waals surface area (Å²) in [6.45, 7) is 14.3. The predicted octanol–water partition coefficient (Wildman–Crippen LogP) is 5.91. The molecule has 4 unspecified atom stereocenters. The maximum absolute atomic E-state index is 2.48. The molecule has 0 radical (unpaired) electrons. The molecule has 0 N–H and O–H groups in total. The standard InChI is InChI=1S/C16H34/c1-7-10-16(12-11-13(4)8-2)15(6)14(5)9-3/h13-16H,7-12H2,1-6H3. The van der Waals surface area contributed by atoms with Crippen molar-refractivity contribution in [2.75, 3.05) is 0 Å². The van der Waals surface area contributed by atoms with Gasteiger partial charge < -0.3 is 0 Å². The van der Waals surface area contributed by atoms with Crippen LogP contribution in [0.1, 0.15) is 80.1 Å². The van der Waals surface area contributed by atoms with Crippen molar-refractivity contribution in [2.24, 2.45) is 23.7 Å². The summed E-state index contributed by atoms with van der Waals surface area (Å²) < 4.78 is 0. The quantitative estimate of drug-likeness (QED) is 0.458. The Labute approximate surface area is 104 Å². The molecule has 0 heteroatoms. The van der Waals surface area contributed by atoms with E-state index in [-0.39, 0.29) is 0 Å². The second-order valence-electron chi connectivity index (χ2n) is 5.88. The van der Waals surface area contributed by atoms with Gasteiger partial charge in [-0.3, -0.25) is 0 Å². The lowest BCUT2D eigenvalue weighted by Gasteiger charge is -2.29. The number of hydrogen-bond acceptors (Lipinski definition) is 0. The fraction of sp³-hybridized carbons (Fsp3) is 1.00. The minimum Gasteiger partial charge on any atom is -0.0654 e. The van der Waals surface area contributed by atoms with E-state index >= 15 is 0 Å². The van der Waals surface area contributed by atoms with E-state index in [4.69, 9.17) is 0 Å². The van der Waals surface area contributed by atoms with Crippen LogP contribution in [0.15, 0.2) is 0 Å². The van der Waals surface area contributed by atoms with Gasteiger partial charge in [-0.05, 0) is 30.1 Å². The van der Waals surface area contributed by atoms with Gasteiger partial charge in [0.15, 0.2) is 0 Å². The third-order valence-electron chi connectivity index (χ3n) is 4.67. The van der Waals surface area contributed by atoms with Crippen LogP contribution in [0.5, 0.6) is 0 Å². The first kappa shape index (κ1) is 16.0. The second-order valence-corrected chi connectivity index (χ2v) is 5.88. The van der Waals surface area contributed by atoms with Gasteiger partial charge in [0.25, 0.3) is 0 Å². The van der Waals surface area contributed by atoms with E-state index in [2.05, 4.69) is 41.5 Å². The zero-order valence-corrected chi connectivity index (χ0v) is 12.6. The van der Waals surface area contributed by atoms with Crippen molar-refractivity contribution in [3.05, 3.63) is 0 Å². The molecule has 0 heterocycles. The first-order valence-corrected chi connectivity index (χ1v) is 7.56. The van der Waals surface area contributed by atoms with E-state index in [1.165, 1.54) is 38.5 Å². The Hall–Kier alpha value is 0. The van der Waals surface area contributed by atoms with Gasteiger partial charge in [-0.15, -0.1) is 0 Å². The van der Waals surface area contributed by atoms with E-state index in [9.17, 15) is 0 Å². The predicted molar refractivity (Wildman–Crippen MR) is 75.7 cm³/mol. The van der Waals surface area contributed by atoms with Crippen LogP contribution in [-0.2, 0) is 0 Å². The molecule has 0 amide bonds. The molecule has 16 heavy (non-hydrogen) atoms. The third kappa shape index (κ3) is 5.92. The van der Waals surface area contributed by atoms with E-state index in [1.54, 1.807) is 0 Å². The van der Waals surface area contributed by atoms with Crippen molar-refractivity contribution < 1.29 is 0 Å². The van der Waals surface area contributed by atoms with Crippen molar-refractivity contribution >= 4 is 0 Å². The van der Waals surface area contributed by atoms with Crippen LogP contribution in [0.4, 0.5) is 0 Å². The minimum absolute atomic E-state index is 0.897. The summed E-state index contributed by atoms with van der Waals surface area (Å²) >= 11 is 0. The zero-order valence-electron chi connectivity index (χ0n) is 12.6. The molecule has 0 saturated carbocycles. The molecule has 0 aliphatic carbocycles. The van der Waals surface area contributed by atoms with E-state index in [1.807, 2.05) is 0 Å². The fourth-order valence-electron chi connectivity index (χ4n) is 2.58. The molecule has 0 nitrogen and oxygen atoms in total. The van der Waals surface area contributed by atoms with Crippen molar-refractivity contribution in [2.45, 2.75) is 80.1 Å². The Kier molecular flexibility index (Phi) is 9.07. The maximum Gasteiger partial charge on any atom is -0.0386 e. The molecular formula is C16H34. The minimum atomic E-state index is 0.897. The van der Waals surface area contributed by atoms with Crippen molar-refractivity contribution in [3.63, 3.8) is 0 Å². The Morgan fingerprint density at radius 1 is 0.750 bits per heavy atom. The highest BCUT2D eigenvalue weighted by Crippen LogP contribution is 2.31. The Morgan fingerprint density at radius 2 is 1.38 bits per heavy atom. The highest BCUT2D eigenvalue weighted by Gasteiger charge is 2.21. The highest BCUT2D eigenvalue weighted by molar-refractivity contribution is 4.71. The van der Waals surface area contributed by atoms with Gasteiger partial charge in [-0.25, -0.2) is 0 Å². The first-order chi connectivity index (χ1) is 7.56. The molecule has 0 aromatic heterocycles. The van der Waals surface area contributed by atoms with Gasteiger partial charge in [0, 0.05) is 0 Å². The Bertz CT molecular complexity index is 150. The fourth-order valence-corrected chi connectivity index (χ4v) is 2.58. The van der Waals surface area contributed by atoms with Crippen molar-refractivity contribution in [1.82, 2.24) is 0 Å². The summed E-state index contributed by atoms with van der Waals surface area (Å²) in [7, 11) is 0. The summed E-state index contributed by atoms with van der Waals surface area (Å²) in [4.78, 5) is 0. The lowest BCUT2D eigenvalue weighted by molar-refractivity contribution is 0.216. The van der Waals surface area contributed by atoms with Gasteiger partial charge >= 0.3 is 0 Å². The van der Waals surface area contributed by atoms with Gasteiger partial charge in [-0.2, -0.15) is 0 Å². The van der Waals surface area contributed by atoms with Gasteiger partial charge in [0.1, 0.15) is 0 Å². The zero-order chi connectivity index (χ0) is 12.6. The van der Waals surface area contributed by atoms with Crippen LogP contribution in [0.3, 0.4) is 0 Å². The Morgan fingerprint density at radius 3 is 1.81 bits per heavy atom. The molecule has 0 aliphatic rings. The van der Waals surface area contributed by atoms with E-state index in [0.29, 0.717) is 0 Å². The maximum atomic E-state index is 2.48. The monoisotopic (exact) mass is 226 g/mol. The number of rotatable bonds is 9. The average molecular weight is 226 g/mol. The van der Waals surface area contributed by atoms with Gasteiger partial charge in [-0.1, -0.05) is 73.6 Å². The summed E-state index contributed by atoms with van der Waals surface area (Å²) in [6, 6.07) is 0. The molecule has 0 rings (SSSR count). The van der Waals surface area contributed by atoms with Crippen molar-refractivity contribution in [1.29, 1.82) is 0 Å². The summed E-state index contributed by atoms with van der Waals surface area (Å²) in [5.74, 6) is 3.69. The molecule has 0 aromatic carbocycles. The van der Waals surface area contributed by atoms with Crippen LogP contribution < -0.4 is 0 Å². The van der Waals surface area contributed by atoms with Crippen LogP contribution in [0.2, 0.25) is 0 Å². The molecule has 98 valence electrons. The lowest BCUT2D eigenvalue weighted by Crippen LogP contribution is -2.19. The summed E-state index contributed by atoms with van der Waals surface area (Å²) in [6.07, 6.45) is 8.35. The van der Waals surface area contributed by atoms with Crippen LogP contribution in [0, 0.1) is 23.7 Å². The summed E-state index contributed by atoms with van der Waals surface area (Å²) in [5, 5.41) is 0. The van der Waals surface area contributed by atoms with Crippen LogP contribution in [0.25, 0.3) is 0 Å². The SMILES string of the molecule is CCCC(CCC(C)CC)C(C)C(C)CC.